The maximum atomic E-state index is 12.1. The standard InChI is InChI=1S/C19H22N2O4/c1-4-11-25-18-15(8-6-10-17(18)24-3)13-20-21-19(22)14-7-5-9-16(12-14)23-2/h5-10,12-13H,4,11H2,1-3H3,(H,21,22)/b20-13+. The molecular formula is C19H22N2O4. The summed E-state index contributed by atoms with van der Waals surface area (Å²) in [5.74, 6) is 1.51. The van der Waals surface area contributed by atoms with Crippen molar-refractivity contribution in [3.05, 3.63) is 53.6 Å². The monoisotopic (exact) mass is 342 g/mol. The molecule has 0 spiro atoms. The van der Waals surface area contributed by atoms with Gasteiger partial charge in [0.15, 0.2) is 11.5 Å². The van der Waals surface area contributed by atoms with Gasteiger partial charge in [-0.2, -0.15) is 5.10 Å². The largest absolute Gasteiger partial charge is 0.497 e. The Morgan fingerprint density at radius 2 is 1.96 bits per heavy atom. The SMILES string of the molecule is CCCOc1c(/C=N/NC(=O)c2cccc(OC)c2)cccc1OC. The van der Waals surface area contributed by atoms with E-state index in [1.54, 1.807) is 38.5 Å². The van der Waals surface area contributed by atoms with Crippen LogP contribution in [0.2, 0.25) is 0 Å². The minimum Gasteiger partial charge on any atom is -0.497 e. The molecule has 0 aliphatic carbocycles. The molecule has 25 heavy (non-hydrogen) atoms. The Labute approximate surface area is 147 Å². The van der Waals surface area contributed by atoms with Gasteiger partial charge in [-0.3, -0.25) is 4.79 Å². The normalized spacial score (nSPS) is 10.5. The zero-order valence-electron chi connectivity index (χ0n) is 14.6. The average Bonchev–Trinajstić information content (AvgIpc) is 2.66. The minimum atomic E-state index is -0.325. The van der Waals surface area contributed by atoms with Crippen molar-refractivity contribution in [3.8, 4) is 17.2 Å². The number of amides is 1. The molecule has 0 heterocycles. The van der Waals surface area contributed by atoms with E-state index in [2.05, 4.69) is 10.5 Å². The summed E-state index contributed by atoms with van der Waals surface area (Å²) in [5, 5.41) is 4.02. The highest BCUT2D eigenvalue weighted by molar-refractivity contribution is 5.95. The van der Waals surface area contributed by atoms with Gasteiger partial charge in [-0.15, -0.1) is 0 Å². The van der Waals surface area contributed by atoms with E-state index in [0.29, 0.717) is 29.4 Å². The summed E-state index contributed by atoms with van der Waals surface area (Å²) in [7, 11) is 3.13. The molecule has 1 amide bonds. The van der Waals surface area contributed by atoms with Crippen molar-refractivity contribution >= 4 is 12.1 Å². The minimum absolute atomic E-state index is 0.325. The second kappa shape index (κ2) is 9.32. The van der Waals surface area contributed by atoms with Crippen LogP contribution in [0.5, 0.6) is 17.2 Å². The van der Waals surface area contributed by atoms with Gasteiger partial charge in [0.05, 0.1) is 27.0 Å². The Bertz CT molecular complexity index is 744. The molecule has 0 fully saturated rings. The van der Waals surface area contributed by atoms with Crippen molar-refractivity contribution in [3.63, 3.8) is 0 Å². The Hall–Kier alpha value is -3.02. The van der Waals surface area contributed by atoms with Crippen LogP contribution in [0.15, 0.2) is 47.6 Å². The van der Waals surface area contributed by atoms with Crippen molar-refractivity contribution < 1.29 is 19.0 Å². The fraction of sp³-hybridized carbons (Fsp3) is 0.263. The van der Waals surface area contributed by atoms with E-state index < -0.39 is 0 Å². The first kappa shape index (κ1) is 18.3. The quantitative estimate of drug-likeness (QED) is 0.590. The van der Waals surface area contributed by atoms with Gasteiger partial charge in [-0.05, 0) is 36.8 Å². The summed E-state index contributed by atoms with van der Waals surface area (Å²) in [4.78, 5) is 12.1. The molecule has 0 atom stereocenters. The predicted molar refractivity (Wildman–Crippen MR) is 96.8 cm³/mol. The van der Waals surface area contributed by atoms with Crippen LogP contribution in [0, 0.1) is 0 Å². The zero-order valence-corrected chi connectivity index (χ0v) is 14.6. The molecular weight excluding hydrogens is 320 g/mol. The maximum absolute atomic E-state index is 12.1. The summed E-state index contributed by atoms with van der Waals surface area (Å²) >= 11 is 0. The number of hydrogen-bond donors (Lipinski definition) is 1. The van der Waals surface area contributed by atoms with Gasteiger partial charge >= 0.3 is 0 Å². The molecule has 132 valence electrons. The van der Waals surface area contributed by atoms with Gasteiger partial charge in [0.2, 0.25) is 0 Å². The van der Waals surface area contributed by atoms with Crippen molar-refractivity contribution in [1.29, 1.82) is 0 Å². The van der Waals surface area contributed by atoms with Gasteiger partial charge in [0, 0.05) is 11.1 Å². The molecule has 0 unspecified atom stereocenters. The van der Waals surface area contributed by atoms with Crippen molar-refractivity contribution in [1.82, 2.24) is 5.43 Å². The second-order valence-electron chi connectivity index (χ2n) is 5.16. The first-order valence-corrected chi connectivity index (χ1v) is 7.96. The summed E-state index contributed by atoms with van der Waals surface area (Å²) < 4.78 is 16.2. The van der Waals surface area contributed by atoms with E-state index in [4.69, 9.17) is 14.2 Å². The van der Waals surface area contributed by atoms with Crippen LogP contribution < -0.4 is 19.6 Å². The summed E-state index contributed by atoms with van der Waals surface area (Å²) in [6.07, 6.45) is 2.41. The lowest BCUT2D eigenvalue weighted by Crippen LogP contribution is -2.17. The number of hydrazone groups is 1. The zero-order chi connectivity index (χ0) is 18.1. The third-order valence-corrected chi connectivity index (χ3v) is 3.38. The van der Waals surface area contributed by atoms with Gasteiger partial charge in [-0.25, -0.2) is 5.43 Å². The molecule has 2 aromatic rings. The molecule has 2 rings (SSSR count). The van der Waals surface area contributed by atoms with Crippen LogP contribution in [0.3, 0.4) is 0 Å². The summed E-state index contributed by atoms with van der Waals surface area (Å²) in [6.45, 7) is 2.59. The van der Waals surface area contributed by atoms with E-state index in [-0.39, 0.29) is 5.91 Å². The number of hydrogen-bond acceptors (Lipinski definition) is 5. The molecule has 2 aromatic carbocycles. The van der Waals surface area contributed by atoms with Gasteiger partial charge in [-0.1, -0.05) is 19.1 Å². The first-order chi connectivity index (χ1) is 12.2. The van der Waals surface area contributed by atoms with Crippen LogP contribution in [-0.2, 0) is 0 Å². The van der Waals surface area contributed by atoms with Crippen LogP contribution in [0.1, 0.15) is 29.3 Å². The Balaban J connectivity index is 2.12. The molecule has 0 aliphatic heterocycles. The molecule has 6 nitrogen and oxygen atoms in total. The molecule has 0 saturated carbocycles. The Kier molecular flexibility index (Phi) is 6.83. The van der Waals surface area contributed by atoms with Crippen molar-refractivity contribution in [2.75, 3.05) is 20.8 Å². The van der Waals surface area contributed by atoms with E-state index in [0.717, 1.165) is 12.0 Å². The molecule has 0 aromatic heterocycles. The number of ether oxygens (including phenoxy) is 3. The molecule has 1 N–H and O–H groups in total. The number of nitrogens with zero attached hydrogens (tertiary/aromatic N) is 1. The topological polar surface area (TPSA) is 69.2 Å². The lowest BCUT2D eigenvalue weighted by atomic mass is 10.2. The number of rotatable bonds is 8. The van der Waals surface area contributed by atoms with E-state index >= 15 is 0 Å². The highest BCUT2D eigenvalue weighted by Crippen LogP contribution is 2.30. The fourth-order valence-corrected chi connectivity index (χ4v) is 2.14. The molecule has 0 aliphatic rings. The smallest absolute Gasteiger partial charge is 0.271 e. The van der Waals surface area contributed by atoms with E-state index in [9.17, 15) is 4.79 Å². The molecule has 0 bridgehead atoms. The molecule has 0 saturated heterocycles. The first-order valence-electron chi connectivity index (χ1n) is 7.96. The third-order valence-electron chi connectivity index (χ3n) is 3.38. The van der Waals surface area contributed by atoms with Gasteiger partial charge < -0.3 is 14.2 Å². The predicted octanol–water partition coefficient (Wildman–Crippen LogP) is 3.26. The van der Waals surface area contributed by atoms with Crippen LogP contribution >= 0.6 is 0 Å². The highest BCUT2D eigenvalue weighted by Gasteiger charge is 2.09. The number of carbonyl (C=O) groups is 1. The Morgan fingerprint density at radius 3 is 2.68 bits per heavy atom. The number of carbonyl (C=O) groups excluding carboxylic acids is 1. The van der Waals surface area contributed by atoms with E-state index in [1.807, 2.05) is 25.1 Å². The van der Waals surface area contributed by atoms with Crippen LogP contribution in [0.4, 0.5) is 0 Å². The highest BCUT2D eigenvalue weighted by atomic mass is 16.5. The average molecular weight is 342 g/mol. The second-order valence-corrected chi connectivity index (χ2v) is 5.16. The van der Waals surface area contributed by atoms with Crippen molar-refractivity contribution in [2.24, 2.45) is 5.10 Å². The number of para-hydroxylation sites is 1. The summed E-state index contributed by atoms with van der Waals surface area (Å²) in [5.41, 5.74) is 3.68. The van der Waals surface area contributed by atoms with Gasteiger partial charge in [0.25, 0.3) is 5.91 Å². The molecule has 6 heteroatoms. The van der Waals surface area contributed by atoms with Crippen molar-refractivity contribution in [2.45, 2.75) is 13.3 Å². The van der Waals surface area contributed by atoms with Gasteiger partial charge in [0.1, 0.15) is 5.75 Å². The fourth-order valence-electron chi connectivity index (χ4n) is 2.14. The number of benzene rings is 2. The van der Waals surface area contributed by atoms with Crippen LogP contribution in [0.25, 0.3) is 0 Å². The lowest BCUT2D eigenvalue weighted by Gasteiger charge is -2.12. The van der Waals surface area contributed by atoms with Crippen LogP contribution in [-0.4, -0.2) is 32.9 Å². The number of nitrogens with one attached hydrogen (secondary N) is 1. The summed E-state index contributed by atoms with van der Waals surface area (Å²) in [6, 6.07) is 12.3. The lowest BCUT2D eigenvalue weighted by molar-refractivity contribution is 0.0955. The third kappa shape index (κ3) is 4.97. The molecule has 0 radical (unpaired) electrons. The number of methoxy groups -OCH3 is 2. The Morgan fingerprint density at radius 1 is 1.16 bits per heavy atom. The van der Waals surface area contributed by atoms with E-state index in [1.165, 1.54) is 6.21 Å². The maximum Gasteiger partial charge on any atom is 0.271 e.